The molecule has 0 aliphatic carbocycles. The van der Waals surface area contributed by atoms with E-state index >= 15 is 0 Å². The van der Waals surface area contributed by atoms with E-state index in [0.717, 1.165) is 36.9 Å². The van der Waals surface area contributed by atoms with Crippen LogP contribution in [0, 0.1) is 11.7 Å². The lowest BCUT2D eigenvalue weighted by molar-refractivity contribution is -0.121. The van der Waals surface area contributed by atoms with Crippen molar-refractivity contribution < 1.29 is 9.18 Å². The smallest absolute Gasteiger partial charge is 0.228 e. The number of anilines is 1. The lowest BCUT2D eigenvalue weighted by Crippen LogP contribution is -2.40. The van der Waals surface area contributed by atoms with Gasteiger partial charge in [-0.2, -0.15) is 0 Å². The molecule has 2 aromatic rings. The normalized spacial score (nSPS) is 18.3. The maximum atomic E-state index is 12.9. The van der Waals surface area contributed by atoms with Crippen molar-refractivity contribution in [3.63, 3.8) is 0 Å². The van der Waals surface area contributed by atoms with Crippen molar-refractivity contribution in [2.45, 2.75) is 19.4 Å². The van der Waals surface area contributed by atoms with Crippen LogP contribution in [0.5, 0.6) is 0 Å². The lowest BCUT2D eigenvalue weighted by atomic mass is 9.96. The van der Waals surface area contributed by atoms with E-state index in [9.17, 15) is 9.18 Å². The fraction of sp³-hybridized carbons (Fsp3) is 0.316. The SMILES string of the molecule is O=C(Nc1ccc(F)cc1)C1CCCN(Cc2cccc(Br)c2)C1. The molecule has 24 heavy (non-hydrogen) atoms. The molecule has 2 aromatic carbocycles. The van der Waals surface area contributed by atoms with E-state index in [1.807, 2.05) is 12.1 Å². The average molecular weight is 391 g/mol. The minimum absolute atomic E-state index is 0.0144. The summed E-state index contributed by atoms with van der Waals surface area (Å²) in [5.41, 5.74) is 1.88. The zero-order valence-corrected chi connectivity index (χ0v) is 14.9. The Labute approximate surface area is 150 Å². The first kappa shape index (κ1) is 17.1. The number of amides is 1. The van der Waals surface area contributed by atoms with Crippen LogP contribution in [-0.2, 0) is 11.3 Å². The largest absolute Gasteiger partial charge is 0.326 e. The van der Waals surface area contributed by atoms with Gasteiger partial charge >= 0.3 is 0 Å². The number of carbonyl (C=O) groups excluding carboxylic acids is 1. The Bertz CT molecular complexity index is 705. The summed E-state index contributed by atoms with van der Waals surface area (Å²) in [5.74, 6) is -0.317. The summed E-state index contributed by atoms with van der Waals surface area (Å²) >= 11 is 3.49. The van der Waals surface area contributed by atoms with Crippen LogP contribution in [0.15, 0.2) is 53.0 Å². The van der Waals surface area contributed by atoms with Gasteiger partial charge in [-0.3, -0.25) is 9.69 Å². The maximum Gasteiger partial charge on any atom is 0.228 e. The number of halogens is 2. The first-order valence-corrected chi connectivity index (χ1v) is 8.93. The summed E-state index contributed by atoms with van der Waals surface area (Å²) in [6.07, 6.45) is 1.90. The van der Waals surface area contributed by atoms with Crippen LogP contribution in [0.25, 0.3) is 0 Å². The van der Waals surface area contributed by atoms with E-state index in [4.69, 9.17) is 0 Å². The van der Waals surface area contributed by atoms with Crippen molar-refractivity contribution in [2.24, 2.45) is 5.92 Å². The first-order valence-electron chi connectivity index (χ1n) is 8.13. The topological polar surface area (TPSA) is 32.3 Å². The van der Waals surface area contributed by atoms with Gasteiger partial charge in [0.15, 0.2) is 0 Å². The van der Waals surface area contributed by atoms with Gasteiger partial charge in [0.1, 0.15) is 5.82 Å². The number of carbonyl (C=O) groups is 1. The molecule has 0 bridgehead atoms. The highest BCUT2D eigenvalue weighted by molar-refractivity contribution is 9.10. The molecule has 1 fully saturated rings. The standard InChI is InChI=1S/C19H20BrFN2O/c20-16-5-1-3-14(11-16)12-23-10-2-4-15(13-23)19(24)22-18-8-6-17(21)7-9-18/h1,3,5-9,11,15H,2,4,10,12-13H2,(H,22,24). The van der Waals surface area contributed by atoms with Gasteiger partial charge in [-0.05, 0) is 61.3 Å². The highest BCUT2D eigenvalue weighted by Gasteiger charge is 2.25. The Morgan fingerprint density at radius 1 is 1.25 bits per heavy atom. The number of benzene rings is 2. The quantitative estimate of drug-likeness (QED) is 0.836. The number of piperidine rings is 1. The van der Waals surface area contributed by atoms with Crippen LogP contribution in [0.2, 0.25) is 0 Å². The van der Waals surface area contributed by atoms with Gasteiger partial charge in [0.2, 0.25) is 5.91 Å². The Balaban J connectivity index is 1.58. The summed E-state index contributed by atoms with van der Waals surface area (Å²) in [6.45, 7) is 2.60. The van der Waals surface area contributed by atoms with Gasteiger partial charge in [0, 0.05) is 23.2 Å². The van der Waals surface area contributed by atoms with E-state index in [1.165, 1.54) is 17.7 Å². The molecule has 1 heterocycles. The fourth-order valence-electron chi connectivity index (χ4n) is 3.08. The second-order valence-corrected chi connectivity index (χ2v) is 7.12. The molecule has 0 radical (unpaired) electrons. The molecule has 1 aliphatic rings. The third kappa shape index (κ3) is 4.65. The monoisotopic (exact) mass is 390 g/mol. The number of likely N-dealkylation sites (tertiary alicyclic amines) is 1. The Morgan fingerprint density at radius 2 is 2.04 bits per heavy atom. The molecule has 3 nitrogen and oxygen atoms in total. The third-order valence-corrected chi connectivity index (χ3v) is 4.78. The number of rotatable bonds is 4. The van der Waals surface area contributed by atoms with Crippen LogP contribution >= 0.6 is 15.9 Å². The average Bonchev–Trinajstić information content (AvgIpc) is 2.57. The first-order chi connectivity index (χ1) is 11.6. The predicted octanol–water partition coefficient (Wildman–Crippen LogP) is 4.44. The molecule has 3 rings (SSSR count). The molecular formula is C19H20BrFN2O. The highest BCUT2D eigenvalue weighted by Crippen LogP contribution is 2.21. The van der Waals surface area contributed by atoms with Gasteiger partial charge in [-0.1, -0.05) is 28.1 Å². The fourth-order valence-corrected chi connectivity index (χ4v) is 3.53. The van der Waals surface area contributed by atoms with Crippen molar-refractivity contribution in [3.8, 4) is 0 Å². The molecule has 1 N–H and O–H groups in total. The van der Waals surface area contributed by atoms with Gasteiger partial charge in [-0.15, -0.1) is 0 Å². The van der Waals surface area contributed by atoms with Crippen molar-refractivity contribution in [2.75, 3.05) is 18.4 Å². The Hall–Kier alpha value is -1.72. The summed E-state index contributed by atoms with van der Waals surface area (Å²) in [7, 11) is 0. The zero-order valence-electron chi connectivity index (χ0n) is 13.3. The molecule has 1 amide bonds. The molecule has 0 spiro atoms. The molecule has 1 saturated heterocycles. The van der Waals surface area contributed by atoms with Crippen LogP contribution in [0.4, 0.5) is 10.1 Å². The van der Waals surface area contributed by atoms with Crippen LogP contribution in [-0.4, -0.2) is 23.9 Å². The summed E-state index contributed by atoms with van der Waals surface area (Å²) < 4.78 is 14.0. The minimum Gasteiger partial charge on any atom is -0.326 e. The summed E-state index contributed by atoms with van der Waals surface area (Å²) in [6, 6.07) is 14.2. The van der Waals surface area contributed by atoms with Gasteiger partial charge < -0.3 is 5.32 Å². The molecular weight excluding hydrogens is 371 g/mol. The van der Waals surface area contributed by atoms with Crippen molar-refractivity contribution >= 4 is 27.5 Å². The lowest BCUT2D eigenvalue weighted by Gasteiger charge is -2.32. The third-order valence-electron chi connectivity index (χ3n) is 4.28. The van der Waals surface area contributed by atoms with E-state index < -0.39 is 0 Å². The van der Waals surface area contributed by atoms with Crippen LogP contribution in [0.3, 0.4) is 0 Å². The van der Waals surface area contributed by atoms with Crippen LogP contribution in [0.1, 0.15) is 18.4 Å². The number of hydrogen-bond acceptors (Lipinski definition) is 2. The van der Waals surface area contributed by atoms with Crippen molar-refractivity contribution in [1.82, 2.24) is 4.90 Å². The molecule has 0 saturated carbocycles. The Kier molecular flexibility index (Phi) is 5.63. The molecule has 5 heteroatoms. The molecule has 1 atom stereocenters. The van der Waals surface area contributed by atoms with Crippen molar-refractivity contribution in [1.29, 1.82) is 0 Å². The van der Waals surface area contributed by atoms with Gasteiger partial charge in [0.05, 0.1) is 5.92 Å². The maximum absolute atomic E-state index is 12.9. The van der Waals surface area contributed by atoms with Gasteiger partial charge in [-0.25, -0.2) is 4.39 Å². The number of nitrogens with one attached hydrogen (secondary N) is 1. The molecule has 1 aliphatic heterocycles. The summed E-state index contributed by atoms with van der Waals surface area (Å²) in [5, 5.41) is 2.89. The van der Waals surface area contributed by atoms with E-state index in [0.29, 0.717) is 5.69 Å². The van der Waals surface area contributed by atoms with Gasteiger partial charge in [0.25, 0.3) is 0 Å². The number of nitrogens with zero attached hydrogens (tertiary/aromatic N) is 1. The van der Waals surface area contributed by atoms with E-state index in [1.54, 1.807) is 12.1 Å². The molecule has 126 valence electrons. The minimum atomic E-state index is -0.300. The van der Waals surface area contributed by atoms with Crippen molar-refractivity contribution in [3.05, 3.63) is 64.4 Å². The van der Waals surface area contributed by atoms with E-state index in [2.05, 4.69) is 38.3 Å². The molecule has 1 unspecified atom stereocenters. The zero-order chi connectivity index (χ0) is 16.9. The Morgan fingerprint density at radius 3 is 2.79 bits per heavy atom. The second kappa shape index (κ2) is 7.90. The number of hydrogen-bond donors (Lipinski definition) is 1. The predicted molar refractivity (Wildman–Crippen MR) is 97.2 cm³/mol. The second-order valence-electron chi connectivity index (χ2n) is 6.20. The highest BCUT2D eigenvalue weighted by atomic mass is 79.9. The van der Waals surface area contributed by atoms with Crippen LogP contribution < -0.4 is 5.32 Å². The molecule has 0 aromatic heterocycles. The van der Waals surface area contributed by atoms with E-state index in [-0.39, 0.29) is 17.6 Å². The summed E-state index contributed by atoms with van der Waals surface area (Å²) in [4.78, 5) is 14.8.